The van der Waals surface area contributed by atoms with E-state index in [0.29, 0.717) is 22.1 Å². The van der Waals surface area contributed by atoms with Crippen LogP contribution in [0.2, 0.25) is 0 Å². The summed E-state index contributed by atoms with van der Waals surface area (Å²) in [5.41, 5.74) is 5.66. The molecule has 51 heavy (non-hydrogen) atoms. The summed E-state index contributed by atoms with van der Waals surface area (Å²) in [5.74, 6) is -1.43. The van der Waals surface area contributed by atoms with Crippen LogP contribution in [0, 0.1) is 0 Å². The molecule has 4 aromatic rings. The van der Waals surface area contributed by atoms with Crippen LogP contribution in [-0.4, -0.2) is 79.9 Å². The highest BCUT2D eigenvalue weighted by Crippen LogP contribution is 2.41. The third-order valence-electron chi connectivity index (χ3n) is 8.57. The minimum atomic E-state index is -4.76. The van der Waals surface area contributed by atoms with E-state index in [9.17, 15) is 31.9 Å². The first kappa shape index (κ1) is 35.5. The lowest BCUT2D eigenvalue weighted by atomic mass is 10.0. The molecule has 1 saturated heterocycles. The number of amides is 2. The second-order valence-electron chi connectivity index (χ2n) is 13.5. The number of hydrogen-bond donors (Lipinski definition) is 1. The molecule has 2 aliphatic heterocycles. The van der Waals surface area contributed by atoms with Crippen molar-refractivity contribution in [1.29, 1.82) is 0 Å². The van der Waals surface area contributed by atoms with Crippen molar-refractivity contribution in [2.24, 2.45) is 5.73 Å². The number of esters is 1. The third-order valence-corrected chi connectivity index (χ3v) is 8.57. The molecule has 16 heteroatoms. The smallest absolute Gasteiger partial charge is 0.418 e. The lowest BCUT2D eigenvalue weighted by molar-refractivity contribution is -0.155. The van der Waals surface area contributed by atoms with Gasteiger partial charge in [-0.25, -0.2) is 14.1 Å². The fourth-order valence-corrected chi connectivity index (χ4v) is 6.26. The summed E-state index contributed by atoms with van der Waals surface area (Å²) in [6.07, 6.45) is -3.34. The Balaban J connectivity index is 1.31. The first-order valence-corrected chi connectivity index (χ1v) is 16.4. The van der Waals surface area contributed by atoms with Crippen LogP contribution in [0.5, 0.6) is 5.75 Å². The summed E-state index contributed by atoms with van der Waals surface area (Å²) in [4.78, 5) is 49.9. The van der Waals surface area contributed by atoms with Crippen molar-refractivity contribution < 1.29 is 41.4 Å². The highest BCUT2D eigenvalue weighted by Gasteiger charge is 2.38. The summed E-state index contributed by atoms with van der Waals surface area (Å²) in [6, 6.07) is 6.42. The summed E-state index contributed by atoms with van der Waals surface area (Å²) in [6.45, 7) is 7.25. The zero-order valence-corrected chi connectivity index (χ0v) is 28.5. The van der Waals surface area contributed by atoms with Gasteiger partial charge < -0.3 is 25.0 Å². The SMILES string of the molecule is CCOc1cnc(-c2cc(N3CC(F)C3)nc3c2cnn3Cc2ccc3c(c2)CN([C@@H](CCC(=O)OC(C)(C)C)C(N)=O)C3=O)c(C(F)(F)F)c1. The first-order chi connectivity index (χ1) is 24.0. The van der Waals surface area contributed by atoms with E-state index < -0.39 is 47.3 Å². The Morgan fingerprint density at radius 2 is 1.82 bits per heavy atom. The van der Waals surface area contributed by atoms with E-state index in [1.807, 2.05) is 0 Å². The Bertz CT molecular complexity index is 2000. The third kappa shape index (κ3) is 7.44. The maximum atomic E-state index is 14.4. The number of anilines is 1. The van der Waals surface area contributed by atoms with Gasteiger partial charge in [-0.3, -0.25) is 19.4 Å². The zero-order valence-electron chi connectivity index (χ0n) is 28.5. The maximum Gasteiger partial charge on any atom is 0.418 e. The van der Waals surface area contributed by atoms with Crippen molar-refractivity contribution >= 4 is 34.6 Å². The normalized spacial score (nSPS) is 15.6. The van der Waals surface area contributed by atoms with E-state index >= 15 is 0 Å². The van der Waals surface area contributed by atoms with Gasteiger partial charge in [-0.1, -0.05) is 12.1 Å². The number of carbonyl (C=O) groups excluding carboxylic acids is 3. The number of primary amides is 1. The summed E-state index contributed by atoms with van der Waals surface area (Å²) in [7, 11) is 0. The molecule has 2 aliphatic rings. The topological polar surface area (TPSA) is 146 Å². The second kappa shape index (κ2) is 13.5. The molecule has 0 spiro atoms. The molecule has 12 nitrogen and oxygen atoms in total. The second-order valence-corrected chi connectivity index (χ2v) is 13.5. The fourth-order valence-electron chi connectivity index (χ4n) is 6.26. The minimum absolute atomic E-state index is 0.00805. The van der Waals surface area contributed by atoms with Gasteiger partial charge in [0.25, 0.3) is 5.91 Å². The highest BCUT2D eigenvalue weighted by molar-refractivity contribution is 6.01. The van der Waals surface area contributed by atoms with Gasteiger partial charge in [0.15, 0.2) is 5.65 Å². The number of halogens is 4. The largest absolute Gasteiger partial charge is 0.492 e. The molecule has 0 saturated carbocycles. The molecule has 0 unspecified atom stereocenters. The molecule has 270 valence electrons. The van der Waals surface area contributed by atoms with Crippen molar-refractivity contribution in [3.05, 3.63) is 65.0 Å². The molecule has 3 aromatic heterocycles. The van der Waals surface area contributed by atoms with Gasteiger partial charge in [-0.2, -0.15) is 18.3 Å². The lowest BCUT2D eigenvalue weighted by Gasteiger charge is -2.35. The molecule has 0 radical (unpaired) electrons. The average molecular weight is 712 g/mol. The molecule has 6 rings (SSSR count). The summed E-state index contributed by atoms with van der Waals surface area (Å²) < 4.78 is 69.1. The van der Waals surface area contributed by atoms with Crippen LogP contribution in [0.25, 0.3) is 22.3 Å². The molecule has 0 aliphatic carbocycles. The molecular weight excluding hydrogens is 674 g/mol. The fraction of sp³-hybridized carbons (Fsp3) is 0.429. The van der Waals surface area contributed by atoms with E-state index in [2.05, 4.69) is 15.1 Å². The monoisotopic (exact) mass is 711 g/mol. The predicted octanol–water partition coefficient (Wildman–Crippen LogP) is 5.05. The van der Waals surface area contributed by atoms with E-state index in [0.717, 1.165) is 6.07 Å². The van der Waals surface area contributed by atoms with Gasteiger partial charge in [0.05, 0.1) is 49.9 Å². The summed E-state index contributed by atoms with van der Waals surface area (Å²) in [5, 5.41) is 4.76. The molecule has 2 N–H and O–H groups in total. The van der Waals surface area contributed by atoms with Crippen LogP contribution in [0.1, 0.15) is 67.6 Å². The zero-order chi connectivity index (χ0) is 36.8. The van der Waals surface area contributed by atoms with Gasteiger partial charge in [-0.15, -0.1) is 0 Å². The maximum absolute atomic E-state index is 14.4. The number of nitrogens with two attached hydrogens (primary N) is 1. The molecule has 1 fully saturated rings. The Morgan fingerprint density at radius 3 is 2.47 bits per heavy atom. The number of aromatic nitrogens is 4. The van der Waals surface area contributed by atoms with Crippen molar-refractivity contribution in [3.63, 3.8) is 0 Å². The Kier molecular flexibility index (Phi) is 9.37. The highest BCUT2D eigenvalue weighted by atomic mass is 19.4. The van der Waals surface area contributed by atoms with Gasteiger partial charge in [-0.05, 0) is 63.4 Å². The van der Waals surface area contributed by atoms with E-state index in [4.69, 9.17) is 15.2 Å². The van der Waals surface area contributed by atoms with Crippen molar-refractivity contribution in [2.75, 3.05) is 24.6 Å². The van der Waals surface area contributed by atoms with Crippen LogP contribution >= 0.6 is 0 Å². The van der Waals surface area contributed by atoms with Crippen molar-refractivity contribution in [2.45, 2.75) is 77.6 Å². The van der Waals surface area contributed by atoms with Crippen LogP contribution < -0.4 is 15.4 Å². The first-order valence-electron chi connectivity index (χ1n) is 16.4. The lowest BCUT2D eigenvalue weighted by Crippen LogP contribution is -2.48. The van der Waals surface area contributed by atoms with Gasteiger partial charge in [0.2, 0.25) is 5.91 Å². The number of pyridine rings is 2. The number of benzene rings is 1. The molecular formula is C35H37F4N7O5. The number of ether oxygens (including phenoxy) is 2. The van der Waals surface area contributed by atoms with Crippen LogP contribution in [0.4, 0.5) is 23.4 Å². The van der Waals surface area contributed by atoms with Crippen LogP contribution in [0.3, 0.4) is 0 Å². The van der Waals surface area contributed by atoms with E-state index in [1.54, 1.807) is 50.8 Å². The number of hydrogen-bond acceptors (Lipinski definition) is 9. The minimum Gasteiger partial charge on any atom is -0.492 e. The van der Waals surface area contributed by atoms with Gasteiger partial charge in [0, 0.05) is 29.5 Å². The Hall–Kier alpha value is -5.28. The Morgan fingerprint density at radius 1 is 1.08 bits per heavy atom. The number of nitrogens with zero attached hydrogens (tertiary/aromatic N) is 6. The van der Waals surface area contributed by atoms with Crippen LogP contribution in [-0.2, 0) is 33.6 Å². The van der Waals surface area contributed by atoms with E-state index in [1.165, 1.54) is 28.0 Å². The van der Waals surface area contributed by atoms with Crippen LogP contribution in [0.15, 0.2) is 42.7 Å². The molecule has 1 atom stereocenters. The van der Waals surface area contributed by atoms with Gasteiger partial charge >= 0.3 is 12.1 Å². The van der Waals surface area contributed by atoms with Gasteiger partial charge in [0.1, 0.15) is 29.4 Å². The number of carbonyl (C=O) groups is 3. The quantitative estimate of drug-likeness (QED) is 0.167. The van der Waals surface area contributed by atoms with Crippen molar-refractivity contribution in [3.8, 4) is 17.0 Å². The average Bonchev–Trinajstić information content (AvgIpc) is 3.58. The van der Waals surface area contributed by atoms with Crippen molar-refractivity contribution in [1.82, 2.24) is 24.6 Å². The molecule has 1 aromatic carbocycles. The molecule has 0 bridgehead atoms. The number of fused-ring (bicyclic) bond motifs is 2. The number of rotatable bonds is 11. The standard InChI is InChI=1S/C35H37F4N7O5/c1-5-50-22-11-26(35(37,38)39)30(41-13-22)24-12-28(44-17-21(36)18-44)43-32-25(24)14-42-46(32)15-19-6-7-23-20(10-19)16-45(33(23)49)27(31(40)48)8-9-29(47)51-34(2,3)4/h6-7,10-14,21,27H,5,8-9,15-18H2,1-4H3,(H2,40,48)/t27-/m0/s1. The predicted molar refractivity (Wildman–Crippen MR) is 178 cm³/mol. The summed E-state index contributed by atoms with van der Waals surface area (Å²) >= 11 is 0. The molecule has 2 amide bonds. The Labute approximate surface area is 290 Å². The van der Waals surface area contributed by atoms with E-state index in [-0.39, 0.29) is 74.1 Å². The number of alkyl halides is 4. The molecule has 5 heterocycles.